The summed E-state index contributed by atoms with van der Waals surface area (Å²) in [5.74, 6) is -1.26. The smallest absolute Gasteiger partial charge is 0.253 e. The Labute approximate surface area is 132 Å². The SMILES string of the molecule is O=C([O-])C[C@H]1c2ccccc2CCN1S(=O)(=O)c1cccs1. The van der Waals surface area contributed by atoms with Gasteiger partial charge in [-0.3, -0.25) is 0 Å². The molecular weight excluding hydrogens is 322 g/mol. The van der Waals surface area contributed by atoms with Crippen LogP contribution in [0.25, 0.3) is 0 Å². The minimum Gasteiger partial charge on any atom is -0.550 e. The van der Waals surface area contributed by atoms with Crippen molar-refractivity contribution in [2.45, 2.75) is 23.1 Å². The number of benzene rings is 1. The second kappa shape index (κ2) is 5.83. The number of carbonyl (C=O) groups excluding carboxylic acids is 1. The van der Waals surface area contributed by atoms with E-state index in [1.54, 1.807) is 23.6 Å². The lowest BCUT2D eigenvalue weighted by molar-refractivity contribution is -0.306. The van der Waals surface area contributed by atoms with E-state index in [-0.39, 0.29) is 17.2 Å². The molecule has 1 aliphatic rings. The van der Waals surface area contributed by atoms with Crippen molar-refractivity contribution in [1.29, 1.82) is 0 Å². The molecule has 0 aliphatic carbocycles. The summed E-state index contributed by atoms with van der Waals surface area (Å²) in [5.41, 5.74) is 1.74. The molecule has 0 saturated carbocycles. The second-order valence-corrected chi connectivity index (χ2v) is 8.15. The lowest BCUT2D eigenvalue weighted by Gasteiger charge is -2.36. The van der Waals surface area contributed by atoms with Crippen molar-refractivity contribution < 1.29 is 18.3 Å². The van der Waals surface area contributed by atoms with Crippen LogP contribution in [0.5, 0.6) is 0 Å². The molecular formula is C15H14NO4S2-. The lowest BCUT2D eigenvalue weighted by atomic mass is 9.92. The highest BCUT2D eigenvalue weighted by molar-refractivity contribution is 7.91. The maximum Gasteiger partial charge on any atom is 0.253 e. The van der Waals surface area contributed by atoms with Crippen molar-refractivity contribution in [2.75, 3.05) is 6.54 Å². The highest BCUT2D eigenvalue weighted by Crippen LogP contribution is 2.36. The Morgan fingerprint density at radius 1 is 1.27 bits per heavy atom. The minimum absolute atomic E-state index is 0.232. The Bertz CT molecular complexity index is 784. The van der Waals surface area contributed by atoms with Gasteiger partial charge in [0.15, 0.2) is 0 Å². The number of thiophene rings is 1. The zero-order valence-corrected chi connectivity index (χ0v) is 13.3. The molecule has 2 heterocycles. The topological polar surface area (TPSA) is 77.5 Å². The molecule has 1 atom stereocenters. The Morgan fingerprint density at radius 3 is 2.73 bits per heavy atom. The van der Waals surface area contributed by atoms with Crippen LogP contribution >= 0.6 is 11.3 Å². The van der Waals surface area contributed by atoms with Gasteiger partial charge in [-0.1, -0.05) is 30.3 Å². The molecule has 0 N–H and O–H groups in total. The van der Waals surface area contributed by atoms with Gasteiger partial charge >= 0.3 is 0 Å². The van der Waals surface area contributed by atoms with Crippen molar-refractivity contribution in [3.8, 4) is 0 Å². The third-order valence-corrected chi connectivity index (χ3v) is 7.06. The normalized spacial score (nSPS) is 18.8. The molecule has 1 aliphatic heterocycles. The summed E-state index contributed by atoms with van der Waals surface area (Å²) in [4.78, 5) is 11.1. The molecule has 1 aromatic carbocycles. The fourth-order valence-corrected chi connectivity index (χ4v) is 5.54. The summed E-state index contributed by atoms with van der Waals surface area (Å²) in [6.07, 6.45) is 0.228. The fourth-order valence-electron chi connectivity index (χ4n) is 2.81. The quantitative estimate of drug-likeness (QED) is 0.840. The summed E-state index contributed by atoms with van der Waals surface area (Å²) < 4.78 is 27.1. The van der Waals surface area contributed by atoms with Gasteiger partial charge in [-0.05, 0) is 29.0 Å². The standard InChI is InChI=1S/C15H15NO4S2/c17-14(18)10-13-12-5-2-1-4-11(12)7-8-16(13)22(19,20)15-6-3-9-21-15/h1-6,9,13H,7-8,10H2,(H,17,18)/p-1/t13-/m0/s1. The van der Waals surface area contributed by atoms with Gasteiger partial charge in [0.25, 0.3) is 10.0 Å². The first-order chi connectivity index (χ1) is 10.5. The molecule has 1 aromatic heterocycles. The van der Waals surface area contributed by atoms with Crippen LogP contribution in [0.2, 0.25) is 0 Å². The van der Waals surface area contributed by atoms with Crippen LogP contribution < -0.4 is 5.11 Å². The van der Waals surface area contributed by atoms with Gasteiger partial charge in [-0.25, -0.2) is 8.42 Å². The van der Waals surface area contributed by atoms with Gasteiger partial charge in [0.1, 0.15) is 4.21 Å². The van der Waals surface area contributed by atoms with E-state index >= 15 is 0 Å². The Hall–Kier alpha value is -1.70. The Balaban J connectivity index is 2.06. The summed E-state index contributed by atoms with van der Waals surface area (Å²) >= 11 is 1.13. The predicted molar refractivity (Wildman–Crippen MR) is 80.7 cm³/mol. The molecule has 7 heteroatoms. The summed E-state index contributed by atoms with van der Waals surface area (Å²) in [6.45, 7) is 0.273. The zero-order valence-electron chi connectivity index (χ0n) is 11.6. The number of hydrogen-bond donors (Lipinski definition) is 0. The van der Waals surface area contributed by atoms with Gasteiger partial charge in [-0.15, -0.1) is 11.3 Å². The molecule has 0 spiro atoms. The van der Waals surface area contributed by atoms with E-state index in [2.05, 4.69) is 0 Å². The molecule has 0 radical (unpaired) electrons. The average Bonchev–Trinajstić information content (AvgIpc) is 3.02. The molecule has 116 valence electrons. The molecule has 2 aromatic rings. The third kappa shape index (κ3) is 2.67. The Morgan fingerprint density at radius 2 is 2.05 bits per heavy atom. The number of carboxylic acid groups (broad SMARTS) is 1. The fraction of sp³-hybridized carbons (Fsp3) is 0.267. The van der Waals surface area contributed by atoms with Crippen LogP contribution in [0.4, 0.5) is 0 Å². The van der Waals surface area contributed by atoms with E-state index < -0.39 is 22.0 Å². The van der Waals surface area contributed by atoms with Gasteiger partial charge in [0.2, 0.25) is 0 Å². The van der Waals surface area contributed by atoms with Crippen molar-refractivity contribution in [3.05, 3.63) is 52.9 Å². The molecule has 0 unspecified atom stereocenters. The number of hydrogen-bond acceptors (Lipinski definition) is 5. The van der Waals surface area contributed by atoms with Crippen LogP contribution in [0.3, 0.4) is 0 Å². The van der Waals surface area contributed by atoms with Gasteiger partial charge < -0.3 is 9.90 Å². The number of fused-ring (bicyclic) bond motifs is 1. The van der Waals surface area contributed by atoms with E-state index in [0.717, 1.165) is 22.5 Å². The molecule has 5 nitrogen and oxygen atoms in total. The van der Waals surface area contributed by atoms with Crippen LogP contribution in [0, 0.1) is 0 Å². The number of aliphatic carboxylic acids is 1. The van der Waals surface area contributed by atoms with Gasteiger partial charge in [0.05, 0.1) is 6.04 Å². The van der Waals surface area contributed by atoms with Crippen LogP contribution in [0.1, 0.15) is 23.6 Å². The Kier molecular flexibility index (Phi) is 4.03. The zero-order chi connectivity index (χ0) is 15.7. The molecule has 0 fully saturated rings. The van der Waals surface area contributed by atoms with E-state index in [4.69, 9.17) is 0 Å². The maximum absolute atomic E-state index is 12.8. The van der Waals surface area contributed by atoms with Gasteiger partial charge in [-0.2, -0.15) is 4.31 Å². The van der Waals surface area contributed by atoms with Crippen LogP contribution in [-0.4, -0.2) is 25.2 Å². The largest absolute Gasteiger partial charge is 0.550 e. The van der Waals surface area contributed by atoms with Crippen molar-refractivity contribution in [3.63, 3.8) is 0 Å². The summed E-state index contributed by atoms with van der Waals surface area (Å²) in [7, 11) is -3.70. The maximum atomic E-state index is 12.8. The summed E-state index contributed by atoms with van der Waals surface area (Å²) in [5, 5.41) is 12.8. The van der Waals surface area contributed by atoms with Gasteiger partial charge in [0, 0.05) is 18.9 Å². The first-order valence-electron chi connectivity index (χ1n) is 6.83. The first kappa shape index (κ1) is 15.2. The van der Waals surface area contributed by atoms with Crippen LogP contribution in [-0.2, 0) is 21.2 Å². The van der Waals surface area contributed by atoms with E-state index in [0.29, 0.717) is 6.42 Å². The molecule has 3 rings (SSSR count). The molecule has 0 saturated heterocycles. The second-order valence-electron chi connectivity index (χ2n) is 5.09. The van der Waals surface area contributed by atoms with E-state index in [1.165, 1.54) is 10.4 Å². The number of carboxylic acids is 1. The summed E-state index contributed by atoms with van der Waals surface area (Å²) in [6, 6.07) is 9.86. The molecule has 0 amide bonds. The third-order valence-electron chi connectivity index (χ3n) is 3.78. The highest BCUT2D eigenvalue weighted by atomic mass is 32.2. The number of carbonyl (C=O) groups is 1. The minimum atomic E-state index is -3.70. The molecule has 22 heavy (non-hydrogen) atoms. The van der Waals surface area contributed by atoms with Crippen molar-refractivity contribution in [1.82, 2.24) is 4.31 Å². The van der Waals surface area contributed by atoms with E-state index in [1.807, 2.05) is 12.1 Å². The number of sulfonamides is 1. The monoisotopic (exact) mass is 336 g/mol. The van der Waals surface area contributed by atoms with Crippen molar-refractivity contribution in [2.24, 2.45) is 0 Å². The first-order valence-corrected chi connectivity index (χ1v) is 9.15. The van der Waals surface area contributed by atoms with Crippen molar-refractivity contribution >= 4 is 27.3 Å². The number of rotatable bonds is 4. The predicted octanol–water partition coefficient (Wildman–Crippen LogP) is 1.18. The average molecular weight is 336 g/mol. The lowest BCUT2D eigenvalue weighted by Crippen LogP contribution is -2.42. The number of nitrogens with zero attached hydrogens (tertiary/aromatic N) is 1. The van der Waals surface area contributed by atoms with E-state index in [9.17, 15) is 18.3 Å². The van der Waals surface area contributed by atoms with Crippen LogP contribution in [0.15, 0.2) is 46.0 Å². The highest BCUT2D eigenvalue weighted by Gasteiger charge is 2.36. The molecule has 0 bridgehead atoms.